The number of nitriles is 1. The third-order valence-electron chi connectivity index (χ3n) is 3.08. The number of carbonyl (C=O) groups excluding carboxylic acids is 1. The van der Waals surface area contributed by atoms with Crippen LogP contribution in [-0.2, 0) is 4.74 Å². The van der Waals surface area contributed by atoms with Crippen LogP contribution in [0.25, 0.3) is 0 Å². The molecular weight excluding hydrogens is 340 g/mol. The molecule has 0 bridgehead atoms. The highest BCUT2D eigenvalue weighted by molar-refractivity contribution is 5.93. The van der Waals surface area contributed by atoms with Crippen molar-refractivity contribution in [3.05, 3.63) is 29.8 Å². The number of hydrogen-bond donors (Lipinski definition) is 3. The zero-order valence-electron chi connectivity index (χ0n) is 14.1. The van der Waals surface area contributed by atoms with Gasteiger partial charge in [0.1, 0.15) is 11.9 Å². The van der Waals surface area contributed by atoms with Crippen molar-refractivity contribution in [3.8, 4) is 11.8 Å². The molecule has 11 heteroatoms. The minimum absolute atomic E-state index is 0.0658. The molecule has 1 amide bonds. The first-order valence-corrected chi connectivity index (χ1v) is 7.63. The topological polar surface area (TPSA) is 161 Å². The van der Waals surface area contributed by atoms with Crippen LogP contribution in [0.15, 0.2) is 18.5 Å². The van der Waals surface area contributed by atoms with Crippen molar-refractivity contribution in [2.75, 3.05) is 38.7 Å². The van der Waals surface area contributed by atoms with Crippen LogP contribution < -0.4 is 21.1 Å². The van der Waals surface area contributed by atoms with Gasteiger partial charge < -0.3 is 25.8 Å². The van der Waals surface area contributed by atoms with Crippen molar-refractivity contribution in [2.24, 2.45) is 5.73 Å². The molecule has 4 N–H and O–H groups in total. The average Bonchev–Trinajstić information content (AvgIpc) is 2.70. The lowest BCUT2D eigenvalue weighted by Gasteiger charge is -2.10. The highest BCUT2D eigenvalue weighted by Gasteiger charge is 2.13. The van der Waals surface area contributed by atoms with Gasteiger partial charge in [0.2, 0.25) is 0 Å². The van der Waals surface area contributed by atoms with Crippen LogP contribution in [0.2, 0.25) is 0 Å². The summed E-state index contributed by atoms with van der Waals surface area (Å²) in [5.41, 5.74) is 5.26. The van der Waals surface area contributed by atoms with Gasteiger partial charge in [-0.05, 0) is 0 Å². The van der Waals surface area contributed by atoms with E-state index in [4.69, 9.17) is 20.5 Å². The second kappa shape index (κ2) is 9.82. The number of nitrogens with zero attached hydrogens (tertiary/aromatic N) is 5. The van der Waals surface area contributed by atoms with Crippen LogP contribution in [0.1, 0.15) is 16.2 Å². The third-order valence-corrected chi connectivity index (χ3v) is 3.08. The maximum Gasteiger partial charge on any atom is 0.273 e. The monoisotopic (exact) mass is 358 g/mol. The minimum Gasteiger partial charge on any atom is -0.494 e. The van der Waals surface area contributed by atoms with E-state index < -0.39 is 5.91 Å². The molecule has 11 nitrogen and oxygen atoms in total. The third kappa shape index (κ3) is 5.62. The molecule has 136 valence electrons. The molecule has 0 aromatic carbocycles. The van der Waals surface area contributed by atoms with Gasteiger partial charge in [-0.15, -0.1) is 10.2 Å². The Morgan fingerprint density at radius 3 is 2.54 bits per heavy atom. The zero-order valence-corrected chi connectivity index (χ0v) is 14.1. The van der Waals surface area contributed by atoms with Gasteiger partial charge in [0.25, 0.3) is 5.91 Å². The van der Waals surface area contributed by atoms with Crippen LogP contribution in [0, 0.1) is 11.3 Å². The summed E-state index contributed by atoms with van der Waals surface area (Å²) < 4.78 is 10.0. The Kier molecular flexibility index (Phi) is 7.17. The Morgan fingerprint density at radius 2 is 2.08 bits per heavy atom. The van der Waals surface area contributed by atoms with E-state index in [9.17, 15) is 4.79 Å². The highest BCUT2D eigenvalue weighted by atomic mass is 16.5. The van der Waals surface area contributed by atoms with Gasteiger partial charge in [-0.2, -0.15) is 5.26 Å². The SMILES string of the molecule is C1COCCN1.COc1cc(Nc2cnc(C#N)cn2)nnc1C(N)=O. The summed E-state index contributed by atoms with van der Waals surface area (Å²) in [7, 11) is 1.38. The number of carbonyl (C=O) groups is 1. The smallest absolute Gasteiger partial charge is 0.273 e. The zero-order chi connectivity index (χ0) is 18.8. The number of methoxy groups -OCH3 is 1. The fraction of sp³-hybridized carbons (Fsp3) is 0.333. The summed E-state index contributed by atoms with van der Waals surface area (Å²) >= 11 is 0. The van der Waals surface area contributed by atoms with Gasteiger partial charge in [-0.25, -0.2) is 9.97 Å². The van der Waals surface area contributed by atoms with Crippen molar-refractivity contribution in [1.29, 1.82) is 5.26 Å². The van der Waals surface area contributed by atoms with Crippen LogP contribution in [0.5, 0.6) is 5.75 Å². The van der Waals surface area contributed by atoms with E-state index in [1.54, 1.807) is 0 Å². The molecule has 2 aromatic rings. The summed E-state index contributed by atoms with van der Waals surface area (Å²) in [4.78, 5) is 18.9. The number of ether oxygens (including phenoxy) is 2. The summed E-state index contributed by atoms with van der Waals surface area (Å²) in [6.45, 7) is 3.83. The largest absolute Gasteiger partial charge is 0.494 e. The maximum absolute atomic E-state index is 11.1. The molecule has 0 aliphatic carbocycles. The molecule has 1 fully saturated rings. The number of nitrogens with two attached hydrogens (primary N) is 1. The lowest BCUT2D eigenvalue weighted by molar-refractivity contribution is 0.0991. The number of primary amides is 1. The molecule has 1 aliphatic rings. The number of nitrogens with one attached hydrogen (secondary N) is 2. The summed E-state index contributed by atoms with van der Waals surface area (Å²) in [6.07, 6.45) is 2.68. The Labute approximate surface area is 149 Å². The number of aromatic nitrogens is 4. The first kappa shape index (κ1) is 19.0. The first-order chi connectivity index (χ1) is 12.6. The van der Waals surface area contributed by atoms with Gasteiger partial charge in [0.05, 0.1) is 32.7 Å². The van der Waals surface area contributed by atoms with Crippen molar-refractivity contribution < 1.29 is 14.3 Å². The molecule has 26 heavy (non-hydrogen) atoms. The number of amides is 1. The minimum atomic E-state index is -0.737. The van der Waals surface area contributed by atoms with E-state index >= 15 is 0 Å². The second-order valence-corrected chi connectivity index (χ2v) is 4.90. The highest BCUT2D eigenvalue weighted by Crippen LogP contribution is 2.20. The van der Waals surface area contributed by atoms with Gasteiger partial charge >= 0.3 is 0 Å². The van der Waals surface area contributed by atoms with Crippen molar-refractivity contribution in [2.45, 2.75) is 0 Å². The number of rotatable bonds is 4. The number of hydrogen-bond acceptors (Lipinski definition) is 10. The predicted octanol–water partition coefficient (Wildman–Crippen LogP) is -0.404. The normalized spacial score (nSPS) is 12.9. The van der Waals surface area contributed by atoms with Crippen molar-refractivity contribution in [3.63, 3.8) is 0 Å². The van der Waals surface area contributed by atoms with E-state index in [2.05, 4.69) is 30.8 Å². The van der Waals surface area contributed by atoms with Gasteiger partial charge in [0, 0.05) is 19.2 Å². The van der Waals surface area contributed by atoms with Gasteiger partial charge in [-0.3, -0.25) is 4.79 Å². The average molecular weight is 358 g/mol. The Hall–Kier alpha value is -3.36. The van der Waals surface area contributed by atoms with E-state index in [0.29, 0.717) is 11.6 Å². The molecular formula is C15H18N8O3. The summed E-state index contributed by atoms with van der Waals surface area (Å²) in [6, 6.07) is 3.31. The van der Waals surface area contributed by atoms with E-state index in [1.807, 2.05) is 6.07 Å². The van der Waals surface area contributed by atoms with Crippen LogP contribution in [0.4, 0.5) is 11.6 Å². The molecule has 1 aliphatic heterocycles. The van der Waals surface area contributed by atoms with Crippen LogP contribution in [0.3, 0.4) is 0 Å². The lowest BCUT2D eigenvalue weighted by Crippen LogP contribution is -2.30. The standard InChI is InChI=1S/C11H9N7O2.C4H9NO/c1-20-7-2-8(17-18-10(7)11(13)19)16-9-5-14-6(3-12)4-15-9;1-3-6-4-2-5-1/h2,4-5H,1H3,(H2,13,19)(H,15,16,17);5H,1-4H2. The van der Waals surface area contributed by atoms with E-state index in [1.165, 1.54) is 25.6 Å². The molecule has 2 aromatic heterocycles. The fourth-order valence-corrected chi connectivity index (χ4v) is 1.86. The number of anilines is 2. The lowest BCUT2D eigenvalue weighted by atomic mass is 10.3. The molecule has 3 heterocycles. The Morgan fingerprint density at radius 1 is 1.31 bits per heavy atom. The van der Waals surface area contributed by atoms with Gasteiger partial charge in [-0.1, -0.05) is 0 Å². The summed E-state index contributed by atoms with van der Waals surface area (Å²) in [5, 5.41) is 22.0. The molecule has 0 radical (unpaired) electrons. The molecule has 1 saturated heterocycles. The van der Waals surface area contributed by atoms with Crippen LogP contribution >= 0.6 is 0 Å². The summed E-state index contributed by atoms with van der Waals surface area (Å²) in [5.74, 6) is 0.119. The number of morpholine rings is 1. The quantitative estimate of drug-likeness (QED) is 0.655. The van der Waals surface area contributed by atoms with E-state index in [0.717, 1.165) is 26.3 Å². The Balaban J connectivity index is 0.000000342. The maximum atomic E-state index is 11.1. The first-order valence-electron chi connectivity index (χ1n) is 7.63. The van der Waals surface area contributed by atoms with Gasteiger partial charge in [0.15, 0.2) is 23.0 Å². The second-order valence-electron chi connectivity index (χ2n) is 4.90. The van der Waals surface area contributed by atoms with Crippen molar-refractivity contribution >= 4 is 17.5 Å². The fourth-order valence-electron chi connectivity index (χ4n) is 1.86. The van der Waals surface area contributed by atoms with Crippen molar-refractivity contribution in [1.82, 2.24) is 25.5 Å². The van der Waals surface area contributed by atoms with E-state index in [-0.39, 0.29) is 17.1 Å². The molecule has 0 atom stereocenters. The van der Waals surface area contributed by atoms with Crippen LogP contribution in [-0.4, -0.2) is 59.5 Å². The Bertz CT molecular complexity index is 760. The molecule has 3 rings (SSSR count). The molecule has 0 unspecified atom stereocenters. The molecule has 0 spiro atoms. The molecule has 0 saturated carbocycles. The predicted molar refractivity (Wildman–Crippen MR) is 90.8 cm³/mol.